The van der Waals surface area contributed by atoms with E-state index in [9.17, 15) is 14.7 Å². The van der Waals surface area contributed by atoms with Gasteiger partial charge in [-0.25, -0.2) is 4.98 Å². The lowest BCUT2D eigenvalue weighted by Crippen LogP contribution is -2.33. The molecule has 7 nitrogen and oxygen atoms in total. The smallest absolute Gasteiger partial charge is 0.274 e. The number of aromatic nitrogens is 2. The van der Waals surface area contributed by atoms with E-state index in [0.717, 1.165) is 16.7 Å². The average Bonchev–Trinajstić information content (AvgIpc) is 3.36. The Hall–Kier alpha value is -3.97. The minimum Gasteiger partial charge on any atom is -0.390 e. The van der Waals surface area contributed by atoms with E-state index in [1.54, 1.807) is 28.8 Å². The zero-order chi connectivity index (χ0) is 22.2. The number of amides is 2. The number of carbonyl (C=O) groups excluding carboxylic acids is 2. The van der Waals surface area contributed by atoms with Crippen molar-refractivity contribution in [2.75, 3.05) is 5.32 Å². The molecular formula is C25H22N4O3. The van der Waals surface area contributed by atoms with Gasteiger partial charge in [0.2, 0.25) is 0 Å². The molecule has 1 aliphatic rings. The van der Waals surface area contributed by atoms with Crippen LogP contribution in [0.25, 0.3) is 5.65 Å². The topological polar surface area (TPSA) is 95.7 Å². The van der Waals surface area contributed by atoms with Crippen molar-refractivity contribution in [1.82, 2.24) is 14.7 Å². The normalized spacial score (nSPS) is 17.2. The molecule has 0 spiro atoms. The molecule has 1 aliphatic carbocycles. The standard InChI is InChI=1S/C25H22N4O3/c1-15-9-10-17(24(31)28-23-18-7-3-2-6-16(18)13-21(23)30)12-19(15)27-25(32)20-14-26-22-8-4-5-11-29(20)22/h2-12,14,21,23,30H,13H2,1H3,(H,27,32)(H,28,31). The number of nitrogens with one attached hydrogen (secondary N) is 2. The predicted octanol–water partition coefficient (Wildman–Crippen LogP) is 3.28. The maximum Gasteiger partial charge on any atom is 0.274 e. The van der Waals surface area contributed by atoms with Crippen molar-refractivity contribution in [3.63, 3.8) is 0 Å². The Balaban J connectivity index is 1.37. The van der Waals surface area contributed by atoms with E-state index < -0.39 is 12.1 Å². The maximum atomic E-state index is 13.0. The third-order valence-corrected chi connectivity index (χ3v) is 5.89. The lowest BCUT2D eigenvalue weighted by molar-refractivity contribution is 0.0858. The van der Waals surface area contributed by atoms with E-state index in [0.29, 0.717) is 29.0 Å². The van der Waals surface area contributed by atoms with E-state index in [1.165, 1.54) is 6.20 Å². The maximum absolute atomic E-state index is 13.0. The van der Waals surface area contributed by atoms with Gasteiger partial charge in [0.15, 0.2) is 0 Å². The monoisotopic (exact) mass is 426 g/mol. The fourth-order valence-electron chi connectivity index (χ4n) is 4.16. The molecule has 7 heteroatoms. The highest BCUT2D eigenvalue weighted by Crippen LogP contribution is 2.31. The summed E-state index contributed by atoms with van der Waals surface area (Å²) in [5, 5.41) is 16.3. The van der Waals surface area contributed by atoms with Gasteiger partial charge < -0.3 is 15.7 Å². The van der Waals surface area contributed by atoms with Crippen LogP contribution in [0, 0.1) is 6.92 Å². The second kappa shape index (κ2) is 7.94. The predicted molar refractivity (Wildman–Crippen MR) is 121 cm³/mol. The van der Waals surface area contributed by atoms with E-state index in [1.807, 2.05) is 49.4 Å². The summed E-state index contributed by atoms with van der Waals surface area (Å²) >= 11 is 0. The molecular weight excluding hydrogens is 404 g/mol. The van der Waals surface area contributed by atoms with E-state index in [2.05, 4.69) is 15.6 Å². The molecule has 32 heavy (non-hydrogen) atoms. The van der Waals surface area contributed by atoms with Crippen molar-refractivity contribution in [3.05, 3.63) is 101 Å². The van der Waals surface area contributed by atoms with Crippen molar-refractivity contribution in [2.45, 2.75) is 25.5 Å². The van der Waals surface area contributed by atoms with Gasteiger partial charge in [0.25, 0.3) is 11.8 Å². The first-order chi connectivity index (χ1) is 15.5. The Kier molecular flexibility index (Phi) is 4.95. The van der Waals surface area contributed by atoms with Crippen LogP contribution in [0.1, 0.15) is 43.6 Å². The third-order valence-electron chi connectivity index (χ3n) is 5.89. The van der Waals surface area contributed by atoms with Crippen molar-refractivity contribution >= 4 is 23.1 Å². The van der Waals surface area contributed by atoms with Crippen LogP contribution in [0.2, 0.25) is 0 Å². The number of pyridine rings is 1. The average molecular weight is 426 g/mol. The molecule has 0 bridgehead atoms. The molecule has 2 aromatic carbocycles. The molecule has 5 rings (SSSR count). The quantitative estimate of drug-likeness (QED) is 0.467. The van der Waals surface area contributed by atoms with Crippen LogP contribution >= 0.6 is 0 Å². The first-order valence-corrected chi connectivity index (χ1v) is 10.4. The summed E-state index contributed by atoms with van der Waals surface area (Å²) in [4.78, 5) is 30.1. The number of anilines is 1. The Morgan fingerprint density at radius 1 is 1.06 bits per heavy atom. The van der Waals surface area contributed by atoms with Gasteiger partial charge in [0.1, 0.15) is 11.3 Å². The number of imidazole rings is 1. The molecule has 2 unspecified atom stereocenters. The molecule has 2 atom stereocenters. The van der Waals surface area contributed by atoms with E-state index in [-0.39, 0.29) is 11.8 Å². The number of aliphatic hydroxyl groups excluding tert-OH is 1. The number of benzene rings is 2. The molecule has 2 heterocycles. The second-order valence-electron chi connectivity index (χ2n) is 7.98. The Bertz CT molecular complexity index is 1340. The lowest BCUT2D eigenvalue weighted by Gasteiger charge is -2.18. The first kappa shape index (κ1) is 20.0. The first-order valence-electron chi connectivity index (χ1n) is 10.4. The fraction of sp³-hybridized carbons (Fsp3) is 0.160. The third kappa shape index (κ3) is 3.52. The van der Waals surface area contributed by atoms with Gasteiger partial charge in [-0.15, -0.1) is 0 Å². The summed E-state index contributed by atoms with van der Waals surface area (Å²) in [6.07, 6.45) is 3.14. The highest BCUT2D eigenvalue weighted by atomic mass is 16.3. The number of hydrogen-bond donors (Lipinski definition) is 3. The molecule has 160 valence electrons. The molecule has 4 aromatic rings. The summed E-state index contributed by atoms with van der Waals surface area (Å²) in [6, 6.07) is 17.9. The van der Waals surface area contributed by atoms with Crippen molar-refractivity contribution < 1.29 is 14.7 Å². The molecule has 2 aromatic heterocycles. The molecule has 0 saturated carbocycles. The highest BCUT2D eigenvalue weighted by Gasteiger charge is 2.32. The number of nitrogens with zero attached hydrogens (tertiary/aromatic N) is 2. The molecule has 3 N–H and O–H groups in total. The van der Waals surface area contributed by atoms with Crippen molar-refractivity contribution in [2.24, 2.45) is 0 Å². The van der Waals surface area contributed by atoms with Gasteiger partial charge in [-0.1, -0.05) is 36.4 Å². The number of fused-ring (bicyclic) bond motifs is 2. The van der Waals surface area contributed by atoms with E-state index in [4.69, 9.17) is 0 Å². The zero-order valence-electron chi connectivity index (χ0n) is 17.4. The zero-order valence-corrected chi connectivity index (χ0v) is 17.4. The lowest BCUT2D eigenvalue weighted by atomic mass is 10.1. The summed E-state index contributed by atoms with van der Waals surface area (Å²) in [7, 11) is 0. The van der Waals surface area contributed by atoms with Gasteiger partial charge in [-0.3, -0.25) is 14.0 Å². The Labute approximate surface area is 184 Å². The number of hydrogen-bond acceptors (Lipinski definition) is 4. The van der Waals surface area contributed by atoms with Crippen LogP contribution in [0.4, 0.5) is 5.69 Å². The summed E-state index contributed by atoms with van der Waals surface area (Å²) in [5.74, 6) is -0.624. The van der Waals surface area contributed by atoms with Crippen molar-refractivity contribution in [3.8, 4) is 0 Å². The molecule has 0 aliphatic heterocycles. The highest BCUT2D eigenvalue weighted by molar-refractivity contribution is 6.05. The van der Waals surface area contributed by atoms with Gasteiger partial charge in [0.05, 0.1) is 18.3 Å². The van der Waals surface area contributed by atoms with Crippen LogP contribution in [0.15, 0.2) is 73.1 Å². The van der Waals surface area contributed by atoms with Crippen LogP contribution in [-0.4, -0.2) is 32.4 Å². The van der Waals surface area contributed by atoms with Crippen LogP contribution in [-0.2, 0) is 6.42 Å². The number of aryl methyl sites for hydroxylation is 1. The second-order valence-corrected chi connectivity index (χ2v) is 7.98. The molecule has 0 saturated heterocycles. The minimum absolute atomic E-state index is 0.309. The van der Waals surface area contributed by atoms with Crippen LogP contribution in [0.5, 0.6) is 0 Å². The minimum atomic E-state index is -0.670. The number of aliphatic hydroxyl groups is 1. The van der Waals surface area contributed by atoms with Crippen molar-refractivity contribution in [1.29, 1.82) is 0 Å². The van der Waals surface area contributed by atoms with Gasteiger partial charge in [0, 0.05) is 23.9 Å². The molecule has 0 fully saturated rings. The van der Waals surface area contributed by atoms with Crippen LogP contribution in [0.3, 0.4) is 0 Å². The van der Waals surface area contributed by atoms with Gasteiger partial charge in [-0.2, -0.15) is 0 Å². The summed E-state index contributed by atoms with van der Waals surface area (Å²) in [6.45, 7) is 1.86. The number of rotatable bonds is 4. The largest absolute Gasteiger partial charge is 0.390 e. The fourth-order valence-corrected chi connectivity index (χ4v) is 4.16. The molecule has 2 amide bonds. The Morgan fingerprint density at radius 2 is 1.88 bits per heavy atom. The molecule has 0 radical (unpaired) electrons. The Morgan fingerprint density at radius 3 is 2.75 bits per heavy atom. The van der Waals surface area contributed by atoms with Gasteiger partial charge >= 0.3 is 0 Å². The summed E-state index contributed by atoms with van der Waals surface area (Å²) < 4.78 is 1.71. The van der Waals surface area contributed by atoms with E-state index >= 15 is 0 Å². The van der Waals surface area contributed by atoms with Crippen LogP contribution < -0.4 is 10.6 Å². The van der Waals surface area contributed by atoms with Gasteiger partial charge in [-0.05, 0) is 47.9 Å². The SMILES string of the molecule is Cc1ccc(C(=O)NC2c3ccccc3CC2O)cc1NC(=O)c1cnc2ccccn12. The summed E-state index contributed by atoms with van der Waals surface area (Å²) in [5.41, 5.74) is 4.83. The number of carbonyl (C=O) groups is 2.